The number of esters is 1. The van der Waals surface area contributed by atoms with Gasteiger partial charge in [-0.2, -0.15) is 0 Å². The van der Waals surface area contributed by atoms with E-state index in [0.717, 1.165) is 4.90 Å². The SMILES string of the molecule is COC(=O)CN(C)C(=O)NC(C)(C)CC(=O)O. The van der Waals surface area contributed by atoms with E-state index >= 15 is 0 Å². The number of hydrogen-bond donors (Lipinski definition) is 2. The van der Waals surface area contributed by atoms with E-state index in [4.69, 9.17) is 5.11 Å². The zero-order valence-corrected chi connectivity index (χ0v) is 10.4. The van der Waals surface area contributed by atoms with Crippen LogP contribution in [-0.2, 0) is 14.3 Å². The molecule has 0 aromatic carbocycles. The average Bonchev–Trinajstić information content (AvgIpc) is 2.14. The molecule has 0 atom stereocenters. The van der Waals surface area contributed by atoms with Crippen LogP contribution in [0.15, 0.2) is 0 Å². The van der Waals surface area contributed by atoms with Crippen LogP contribution in [0.25, 0.3) is 0 Å². The van der Waals surface area contributed by atoms with Gasteiger partial charge in [-0.3, -0.25) is 9.59 Å². The molecule has 7 nitrogen and oxygen atoms in total. The topological polar surface area (TPSA) is 95.9 Å². The molecular weight excluding hydrogens is 228 g/mol. The number of carboxylic acids is 1. The number of hydrogen-bond acceptors (Lipinski definition) is 4. The number of amides is 2. The maximum absolute atomic E-state index is 11.6. The van der Waals surface area contributed by atoms with Crippen LogP contribution in [0.3, 0.4) is 0 Å². The molecule has 0 aliphatic heterocycles. The van der Waals surface area contributed by atoms with Gasteiger partial charge in [-0.05, 0) is 13.8 Å². The van der Waals surface area contributed by atoms with Gasteiger partial charge in [0.1, 0.15) is 6.54 Å². The Kier molecular flexibility index (Phi) is 5.43. The first-order valence-corrected chi connectivity index (χ1v) is 5.00. The minimum atomic E-state index is -1.01. The molecule has 0 heterocycles. The van der Waals surface area contributed by atoms with Crippen molar-refractivity contribution in [3.05, 3.63) is 0 Å². The lowest BCUT2D eigenvalue weighted by Crippen LogP contribution is -2.50. The van der Waals surface area contributed by atoms with Crippen molar-refractivity contribution in [3.63, 3.8) is 0 Å². The maximum atomic E-state index is 11.6. The van der Waals surface area contributed by atoms with Crippen LogP contribution in [0, 0.1) is 0 Å². The van der Waals surface area contributed by atoms with Crippen LogP contribution in [-0.4, -0.2) is 54.2 Å². The van der Waals surface area contributed by atoms with E-state index in [2.05, 4.69) is 10.1 Å². The summed E-state index contributed by atoms with van der Waals surface area (Å²) in [5, 5.41) is 11.2. The number of aliphatic carboxylic acids is 1. The van der Waals surface area contributed by atoms with Gasteiger partial charge >= 0.3 is 18.0 Å². The number of carboxylic acid groups (broad SMARTS) is 1. The largest absolute Gasteiger partial charge is 0.481 e. The molecule has 0 spiro atoms. The van der Waals surface area contributed by atoms with Gasteiger partial charge < -0.3 is 20.1 Å². The molecule has 17 heavy (non-hydrogen) atoms. The summed E-state index contributed by atoms with van der Waals surface area (Å²) in [7, 11) is 2.64. The summed E-state index contributed by atoms with van der Waals surface area (Å²) in [6, 6.07) is -0.526. The Labute approximate surface area is 99.7 Å². The van der Waals surface area contributed by atoms with E-state index in [1.807, 2.05) is 0 Å². The average molecular weight is 246 g/mol. The van der Waals surface area contributed by atoms with Crippen molar-refractivity contribution < 1.29 is 24.2 Å². The number of methoxy groups -OCH3 is 1. The van der Waals surface area contributed by atoms with Crippen molar-refractivity contribution in [1.29, 1.82) is 0 Å². The fourth-order valence-electron chi connectivity index (χ4n) is 1.14. The summed E-state index contributed by atoms with van der Waals surface area (Å²) in [6.07, 6.45) is -0.204. The fraction of sp³-hybridized carbons (Fsp3) is 0.700. The molecule has 0 aliphatic carbocycles. The van der Waals surface area contributed by atoms with Gasteiger partial charge in [0.15, 0.2) is 0 Å². The number of nitrogens with zero attached hydrogens (tertiary/aromatic N) is 1. The van der Waals surface area contributed by atoms with E-state index in [9.17, 15) is 14.4 Å². The van der Waals surface area contributed by atoms with E-state index < -0.39 is 23.5 Å². The lowest BCUT2D eigenvalue weighted by atomic mass is 10.0. The molecule has 0 unspecified atom stereocenters. The standard InChI is InChI=1S/C10H18N2O5/c1-10(2,5-7(13)14)11-9(16)12(3)6-8(15)17-4/h5-6H2,1-4H3,(H,11,16)(H,13,14). The summed E-state index contributed by atoms with van der Waals surface area (Å²) in [4.78, 5) is 34.2. The highest BCUT2D eigenvalue weighted by Crippen LogP contribution is 2.08. The predicted molar refractivity (Wildman–Crippen MR) is 59.5 cm³/mol. The Bertz CT molecular complexity index is 314. The molecule has 0 bridgehead atoms. The third-order valence-electron chi connectivity index (χ3n) is 1.98. The van der Waals surface area contributed by atoms with Crippen molar-refractivity contribution in [3.8, 4) is 0 Å². The third-order valence-corrected chi connectivity index (χ3v) is 1.98. The molecule has 2 amide bonds. The Morgan fingerprint density at radius 2 is 1.88 bits per heavy atom. The quantitative estimate of drug-likeness (QED) is 0.668. The number of rotatable bonds is 5. The highest BCUT2D eigenvalue weighted by molar-refractivity contribution is 5.81. The molecule has 0 fully saturated rings. The summed E-state index contributed by atoms with van der Waals surface area (Å²) in [5.74, 6) is -1.55. The van der Waals surface area contributed by atoms with Crippen LogP contribution in [0.4, 0.5) is 4.79 Å². The van der Waals surface area contributed by atoms with Gasteiger partial charge in [-0.25, -0.2) is 4.79 Å². The molecule has 0 rings (SSSR count). The van der Waals surface area contributed by atoms with E-state index in [1.54, 1.807) is 13.8 Å². The lowest BCUT2D eigenvalue weighted by molar-refractivity contribution is -0.141. The van der Waals surface area contributed by atoms with Crippen molar-refractivity contribution in [2.24, 2.45) is 0 Å². The van der Waals surface area contributed by atoms with Crippen LogP contribution >= 0.6 is 0 Å². The summed E-state index contributed by atoms with van der Waals surface area (Å²) in [6.45, 7) is 2.99. The first-order chi connectivity index (χ1) is 7.68. The van der Waals surface area contributed by atoms with Crippen molar-refractivity contribution in [1.82, 2.24) is 10.2 Å². The van der Waals surface area contributed by atoms with Gasteiger partial charge in [0.05, 0.1) is 13.5 Å². The van der Waals surface area contributed by atoms with Crippen LogP contribution in [0.5, 0.6) is 0 Å². The van der Waals surface area contributed by atoms with Gasteiger partial charge in [0.2, 0.25) is 0 Å². The second kappa shape index (κ2) is 6.07. The highest BCUT2D eigenvalue weighted by Gasteiger charge is 2.25. The molecule has 0 aromatic heterocycles. The van der Waals surface area contributed by atoms with Crippen LogP contribution < -0.4 is 5.32 Å². The molecule has 98 valence electrons. The number of urea groups is 1. The Balaban J connectivity index is 4.33. The second-order valence-corrected chi connectivity index (χ2v) is 4.32. The molecule has 2 N–H and O–H groups in total. The van der Waals surface area contributed by atoms with Gasteiger partial charge in [0, 0.05) is 12.6 Å². The van der Waals surface area contributed by atoms with Crippen LogP contribution in [0.2, 0.25) is 0 Å². The first-order valence-electron chi connectivity index (χ1n) is 5.00. The van der Waals surface area contributed by atoms with Crippen molar-refractivity contribution >= 4 is 18.0 Å². The predicted octanol–water partition coefficient (Wildman–Crippen LogP) is 0.0541. The summed E-state index contributed by atoms with van der Waals surface area (Å²) in [5.41, 5.74) is -0.882. The zero-order chi connectivity index (χ0) is 13.6. The first kappa shape index (κ1) is 15.2. The van der Waals surface area contributed by atoms with E-state index in [-0.39, 0.29) is 13.0 Å². The second-order valence-electron chi connectivity index (χ2n) is 4.32. The number of carbonyl (C=O) groups is 3. The van der Waals surface area contributed by atoms with E-state index in [0.29, 0.717) is 0 Å². The number of carbonyl (C=O) groups excluding carboxylic acids is 2. The minimum absolute atomic E-state index is 0.189. The number of likely N-dealkylation sites (N-methyl/N-ethyl adjacent to an activating group) is 1. The van der Waals surface area contributed by atoms with E-state index in [1.165, 1.54) is 14.2 Å². The fourth-order valence-corrected chi connectivity index (χ4v) is 1.14. The zero-order valence-electron chi connectivity index (χ0n) is 10.4. The lowest BCUT2D eigenvalue weighted by Gasteiger charge is -2.27. The Hall–Kier alpha value is -1.79. The summed E-state index contributed by atoms with van der Waals surface area (Å²) < 4.78 is 4.41. The molecule has 0 saturated carbocycles. The molecule has 0 aliphatic rings. The highest BCUT2D eigenvalue weighted by atomic mass is 16.5. The minimum Gasteiger partial charge on any atom is -0.481 e. The molecular formula is C10H18N2O5. The molecule has 0 aromatic rings. The number of ether oxygens (including phenoxy) is 1. The van der Waals surface area contributed by atoms with Crippen molar-refractivity contribution in [2.45, 2.75) is 25.8 Å². The Morgan fingerprint density at radius 1 is 1.35 bits per heavy atom. The Morgan fingerprint density at radius 3 is 2.29 bits per heavy atom. The molecule has 0 saturated heterocycles. The van der Waals surface area contributed by atoms with Gasteiger partial charge in [0.25, 0.3) is 0 Å². The molecule has 7 heteroatoms. The van der Waals surface area contributed by atoms with Gasteiger partial charge in [-0.1, -0.05) is 0 Å². The summed E-state index contributed by atoms with van der Waals surface area (Å²) >= 11 is 0. The smallest absolute Gasteiger partial charge is 0.325 e. The monoisotopic (exact) mass is 246 g/mol. The number of nitrogens with one attached hydrogen (secondary N) is 1. The molecule has 0 radical (unpaired) electrons. The van der Waals surface area contributed by atoms with Gasteiger partial charge in [-0.15, -0.1) is 0 Å². The van der Waals surface area contributed by atoms with Crippen molar-refractivity contribution in [2.75, 3.05) is 20.7 Å². The third kappa shape index (κ3) is 6.39. The normalized spacial score (nSPS) is 10.6. The van der Waals surface area contributed by atoms with Crippen LogP contribution in [0.1, 0.15) is 20.3 Å². The maximum Gasteiger partial charge on any atom is 0.325 e.